The summed E-state index contributed by atoms with van der Waals surface area (Å²) >= 11 is 0. The molecule has 100 valence electrons. The van der Waals surface area contributed by atoms with Crippen LogP contribution < -0.4 is 11.1 Å². The Morgan fingerprint density at radius 1 is 1.53 bits per heavy atom. The molecule has 0 unspecified atom stereocenters. The molecule has 0 atom stereocenters. The number of aliphatic hydroxyl groups is 1. The van der Waals surface area contributed by atoms with Gasteiger partial charge in [-0.05, 0) is 32.1 Å². The molecular weight excluding hydrogens is 220 g/mol. The Hall–Kier alpha value is -0.650. The average molecular weight is 244 g/mol. The zero-order valence-corrected chi connectivity index (χ0v) is 10.6. The van der Waals surface area contributed by atoms with Crippen LogP contribution in [0.15, 0.2) is 0 Å². The molecule has 5 nitrogen and oxygen atoms in total. The molecule has 0 heterocycles. The lowest BCUT2D eigenvalue weighted by molar-refractivity contribution is -0.126. The van der Waals surface area contributed by atoms with E-state index in [2.05, 4.69) is 5.32 Å². The Kier molecular flexibility index (Phi) is 5.88. The molecule has 1 amide bonds. The fourth-order valence-electron chi connectivity index (χ4n) is 2.19. The number of hydrogen-bond donors (Lipinski definition) is 3. The fourth-order valence-corrected chi connectivity index (χ4v) is 2.19. The predicted octanol–water partition coefficient (Wildman–Crippen LogP) is 0.0191. The van der Waals surface area contributed by atoms with Gasteiger partial charge in [-0.3, -0.25) is 4.79 Å². The van der Waals surface area contributed by atoms with Gasteiger partial charge >= 0.3 is 0 Å². The maximum absolute atomic E-state index is 11.8. The normalized spacial score (nSPS) is 29.0. The van der Waals surface area contributed by atoms with E-state index < -0.39 is 5.54 Å². The van der Waals surface area contributed by atoms with Gasteiger partial charge in [0, 0.05) is 31.7 Å². The highest BCUT2D eigenvalue weighted by Gasteiger charge is 2.33. The van der Waals surface area contributed by atoms with Crippen molar-refractivity contribution in [1.29, 1.82) is 0 Å². The Morgan fingerprint density at radius 2 is 2.18 bits per heavy atom. The Labute approximate surface area is 103 Å². The van der Waals surface area contributed by atoms with Crippen molar-refractivity contribution in [1.82, 2.24) is 5.32 Å². The second-order valence-electron chi connectivity index (χ2n) is 4.93. The summed E-state index contributed by atoms with van der Waals surface area (Å²) in [4.78, 5) is 11.8. The second kappa shape index (κ2) is 6.93. The van der Waals surface area contributed by atoms with Crippen LogP contribution in [0.2, 0.25) is 0 Å². The van der Waals surface area contributed by atoms with E-state index in [9.17, 15) is 4.79 Å². The fraction of sp³-hybridized carbons (Fsp3) is 0.917. The van der Waals surface area contributed by atoms with Crippen LogP contribution >= 0.6 is 0 Å². The minimum absolute atomic E-state index is 0.00911. The molecule has 0 aromatic rings. The average Bonchev–Trinajstić information content (AvgIpc) is 2.35. The summed E-state index contributed by atoms with van der Waals surface area (Å²) in [6.45, 7) is 1.34. The molecule has 0 bridgehead atoms. The minimum atomic E-state index is -0.465. The zero-order chi connectivity index (χ0) is 12.7. The number of ether oxygens (including phenoxy) is 1. The van der Waals surface area contributed by atoms with Crippen LogP contribution in [0.4, 0.5) is 0 Å². The van der Waals surface area contributed by atoms with Gasteiger partial charge in [-0.15, -0.1) is 0 Å². The summed E-state index contributed by atoms with van der Waals surface area (Å²) in [6.07, 6.45) is 3.83. The van der Waals surface area contributed by atoms with Crippen LogP contribution in [-0.2, 0) is 9.53 Å². The number of amides is 1. The van der Waals surface area contributed by atoms with Crippen molar-refractivity contribution in [2.24, 2.45) is 11.7 Å². The summed E-state index contributed by atoms with van der Waals surface area (Å²) in [5.74, 6) is 0.168. The number of nitrogens with two attached hydrogens (primary N) is 1. The predicted molar refractivity (Wildman–Crippen MR) is 65.5 cm³/mol. The Bertz CT molecular complexity index is 238. The van der Waals surface area contributed by atoms with Gasteiger partial charge in [0.1, 0.15) is 0 Å². The van der Waals surface area contributed by atoms with E-state index >= 15 is 0 Å². The molecule has 1 aliphatic rings. The van der Waals surface area contributed by atoms with E-state index in [0.717, 1.165) is 32.1 Å². The van der Waals surface area contributed by atoms with Crippen molar-refractivity contribution in [3.05, 3.63) is 0 Å². The van der Waals surface area contributed by atoms with Crippen molar-refractivity contribution >= 4 is 5.91 Å². The van der Waals surface area contributed by atoms with E-state index in [-0.39, 0.29) is 18.4 Å². The van der Waals surface area contributed by atoms with Gasteiger partial charge in [0.05, 0.1) is 6.61 Å². The van der Waals surface area contributed by atoms with Crippen LogP contribution in [0.1, 0.15) is 32.1 Å². The highest BCUT2D eigenvalue weighted by atomic mass is 16.5. The summed E-state index contributed by atoms with van der Waals surface area (Å²) in [5, 5.41) is 12.0. The molecule has 0 spiro atoms. The first-order chi connectivity index (χ1) is 8.11. The molecule has 0 aliphatic heterocycles. The maximum atomic E-state index is 11.8. The van der Waals surface area contributed by atoms with Gasteiger partial charge in [0.2, 0.25) is 5.91 Å². The van der Waals surface area contributed by atoms with Gasteiger partial charge in [-0.2, -0.15) is 0 Å². The molecule has 1 rings (SSSR count). The standard InChI is InChI=1S/C12H24N2O3/c1-17-8-2-7-14-11(16)10-3-5-12(13,9-15)6-4-10/h10,15H,2-9,13H2,1H3,(H,14,16). The first-order valence-electron chi connectivity index (χ1n) is 6.28. The molecular formula is C12H24N2O3. The first kappa shape index (κ1) is 14.4. The summed E-state index contributed by atoms with van der Waals surface area (Å²) in [6, 6.07) is 0. The third-order valence-corrected chi connectivity index (χ3v) is 3.49. The van der Waals surface area contributed by atoms with Crippen molar-refractivity contribution in [3.8, 4) is 0 Å². The number of carbonyl (C=O) groups is 1. The van der Waals surface area contributed by atoms with Crippen LogP contribution in [0.5, 0.6) is 0 Å². The quantitative estimate of drug-likeness (QED) is 0.575. The SMILES string of the molecule is COCCCNC(=O)C1CCC(N)(CO)CC1. The zero-order valence-electron chi connectivity index (χ0n) is 10.6. The van der Waals surface area contributed by atoms with Crippen molar-refractivity contribution in [2.75, 3.05) is 26.9 Å². The largest absolute Gasteiger partial charge is 0.394 e. The number of carbonyl (C=O) groups excluding carboxylic acids is 1. The van der Waals surface area contributed by atoms with Crippen molar-refractivity contribution < 1.29 is 14.6 Å². The second-order valence-corrected chi connectivity index (χ2v) is 4.93. The smallest absolute Gasteiger partial charge is 0.223 e. The third kappa shape index (κ3) is 4.61. The van der Waals surface area contributed by atoms with Crippen molar-refractivity contribution in [3.63, 3.8) is 0 Å². The van der Waals surface area contributed by atoms with Gasteiger partial charge in [-0.25, -0.2) is 0 Å². The lowest BCUT2D eigenvalue weighted by Crippen LogP contribution is -2.48. The summed E-state index contributed by atoms with van der Waals surface area (Å²) < 4.78 is 4.92. The van der Waals surface area contributed by atoms with E-state index in [1.807, 2.05) is 0 Å². The Morgan fingerprint density at radius 3 is 2.71 bits per heavy atom. The molecule has 4 N–H and O–H groups in total. The van der Waals surface area contributed by atoms with Gasteiger partial charge in [0.15, 0.2) is 0 Å². The number of methoxy groups -OCH3 is 1. The summed E-state index contributed by atoms with van der Waals surface area (Å²) in [5.41, 5.74) is 5.50. The van der Waals surface area contributed by atoms with Gasteiger partial charge in [-0.1, -0.05) is 0 Å². The third-order valence-electron chi connectivity index (χ3n) is 3.49. The number of rotatable bonds is 6. The van der Waals surface area contributed by atoms with Crippen molar-refractivity contribution in [2.45, 2.75) is 37.6 Å². The van der Waals surface area contributed by atoms with E-state index in [0.29, 0.717) is 13.2 Å². The number of hydrogen-bond acceptors (Lipinski definition) is 4. The molecule has 0 aromatic heterocycles. The number of nitrogens with one attached hydrogen (secondary N) is 1. The Balaban J connectivity index is 2.22. The number of aliphatic hydroxyl groups excluding tert-OH is 1. The van der Waals surface area contributed by atoms with Crippen LogP contribution in [0.25, 0.3) is 0 Å². The molecule has 0 saturated heterocycles. The van der Waals surface area contributed by atoms with Gasteiger partial charge < -0.3 is 20.9 Å². The van der Waals surface area contributed by atoms with E-state index in [4.69, 9.17) is 15.6 Å². The lowest BCUT2D eigenvalue weighted by Gasteiger charge is -2.35. The molecule has 1 saturated carbocycles. The van der Waals surface area contributed by atoms with Gasteiger partial charge in [0.25, 0.3) is 0 Å². The molecule has 17 heavy (non-hydrogen) atoms. The molecule has 1 aliphatic carbocycles. The van der Waals surface area contributed by atoms with Crippen LogP contribution in [-0.4, -0.2) is 43.4 Å². The van der Waals surface area contributed by atoms with Crippen LogP contribution in [0, 0.1) is 5.92 Å². The topological polar surface area (TPSA) is 84.6 Å². The lowest BCUT2D eigenvalue weighted by atomic mass is 9.77. The highest BCUT2D eigenvalue weighted by molar-refractivity contribution is 5.78. The minimum Gasteiger partial charge on any atom is -0.394 e. The molecule has 5 heteroatoms. The maximum Gasteiger partial charge on any atom is 0.223 e. The highest BCUT2D eigenvalue weighted by Crippen LogP contribution is 2.30. The summed E-state index contributed by atoms with van der Waals surface area (Å²) in [7, 11) is 1.65. The molecule has 0 aromatic carbocycles. The van der Waals surface area contributed by atoms with E-state index in [1.165, 1.54) is 0 Å². The van der Waals surface area contributed by atoms with Crippen LogP contribution in [0.3, 0.4) is 0 Å². The molecule has 1 fully saturated rings. The monoisotopic (exact) mass is 244 g/mol. The first-order valence-corrected chi connectivity index (χ1v) is 6.28. The molecule has 0 radical (unpaired) electrons. The van der Waals surface area contributed by atoms with E-state index in [1.54, 1.807) is 7.11 Å².